The second-order valence-corrected chi connectivity index (χ2v) is 20.4. The van der Waals surface area contributed by atoms with Gasteiger partial charge in [-0.2, -0.15) is 0 Å². The molecule has 12 unspecified atom stereocenters. The summed E-state index contributed by atoms with van der Waals surface area (Å²) in [5.74, 6) is -0.286. The van der Waals surface area contributed by atoms with E-state index < -0.39 is 86.8 Å². The van der Waals surface area contributed by atoms with Crippen LogP contribution in [0.4, 0.5) is 0 Å². The first-order valence-corrected chi connectivity index (χ1v) is 28.9. The summed E-state index contributed by atoms with van der Waals surface area (Å²) in [5, 5.41) is 87.0. The number of carbonyl (C=O) groups excluding carboxylic acids is 1. The standard InChI is InChI=1S/C58H105NO13/c1-3-5-7-9-11-13-15-17-18-19-20-21-22-23-24-25-26-27-28-30-31-33-35-37-39-41-47(62)46(59-50(63)42-40-38-36-34-32-29-16-14-12-10-8-6-4-2)45-69-57-55(68)53(66)56(49(44-61)71-57)72-58-54(67)52(65)51(64)48(43-60)70-58/h6,8,12,14,29,32,36,38,46-49,51-58,60-62,64-68H,3-5,7,9-11,13,15-28,30-31,33-35,37,39-45H2,1-2H3,(H,59,63)/b8-6-,14-12-,32-29-,38-36-. The van der Waals surface area contributed by atoms with Crippen molar-refractivity contribution < 1.29 is 64.6 Å². The Morgan fingerprint density at radius 3 is 1.39 bits per heavy atom. The van der Waals surface area contributed by atoms with E-state index in [-0.39, 0.29) is 18.9 Å². The van der Waals surface area contributed by atoms with Crippen molar-refractivity contribution in [3.8, 4) is 0 Å². The van der Waals surface area contributed by atoms with E-state index in [0.29, 0.717) is 12.8 Å². The summed E-state index contributed by atoms with van der Waals surface area (Å²) in [6.07, 6.45) is 37.2. The number of hydrogen-bond donors (Lipinski definition) is 9. The van der Waals surface area contributed by atoms with Crippen LogP contribution in [-0.2, 0) is 23.7 Å². The highest BCUT2D eigenvalue weighted by Crippen LogP contribution is 2.30. The minimum Gasteiger partial charge on any atom is -0.394 e. The SMILES string of the molecule is CC/C=C\C/C=C\C/C=C\C/C=C\CCC(=O)NC(COC1OC(CO)C(OC2OC(CO)C(O)C(O)C2O)C(O)C1O)C(O)CCCCCCCCCCCCCCCCCCCCCCCCCCC. The van der Waals surface area contributed by atoms with Crippen molar-refractivity contribution in [2.24, 2.45) is 0 Å². The molecule has 72 heavy (non-hydrogen) atoms. The average Bonchev–Trinajstić information content (AvgIpc) is 3.38. The molecule has 0 radical (unpaired) electrons. The molecule has 0 saturated carbocycles. The highest BCUT2D eigenvalue weighted by molar-refractivity contribution is 5.76. The Hall–Kier alpha value is -2.05. The molecule has 14 nitrogen and oxygen atoms in total. The second-order valence-electron chi connectivity index (χ2n) is 20.4. The summed E-state index contributed by atoms with van der Waals surface area (Å²) < 4.78 is 22.8. The molecule has 12 atom stereocenters. The zero-order valence-electron chi connectivity index (χ0n) is 44.9. The highest BCUT2D eigenvalue weighted by atomic mass is 16.7. The Kier molecular flexibility index (Phi) is 40.5. The first-order valence-electron chi connectivity index (χ1n) is 28.9. The summed E-state index contributed by atoms with van der Waals surface area (Å²) in [6, 6.07) is -0.868. The number of ether oxygens (including phenoxy) is 4. The van der Waals surface area contributed by atoms with Crippen LogP contribution >= 0.6 is 0 Å². The lowest BCUT2D eigenvalue weighted by atomic mass is 9.97. The number of amides is 1. The van der Waals surface area contributed by atoms with E-state index in [4.69, 9.17) is 18.9 Å². The molecule has 0 bridgehead atoms. The van der Waals surface area contributed by atoms with Crippen LogP contribution in [0.5, 0.6) is 0 Å². The van der Waals surface area contributed by atoms with Gasteiger partial charge in [0.05, 0.1) is 32.0 Å². The topological polar surface area (TPSA) is 228 Å². The fourth-order valence-corrected chi connectivity index (χ4v) is 9.43. The van der Waals surface area contributed by atoms with Crippen LogP contribution < -0.4 is 5.32 Å². The van der Waals surface area contributed by atoms with Crippen molar-refractivity contribution in [1.29, 1.82) is 0 Å². The van der Waals surface area contributed by atoms with Gasteiger partial charge in [0.25, 0.3) is 0 Å². The van der Waals surface area contributed by atoms with Gasteiger partial charge in [-0.15, -0.1) is 0 Å². The molecule has 2 heterocycles. The number of unbranched alkanes of at least 4 members (excludes halogenated alkanes) is 24. The molecule has 0 aromatic rings. The second kappa shape index (κ2) is 44.1. The van der Waals surface area contributed by atoms with Gasteiger partial charge in [0, 0.05) is 6.42 Å². The van der Waals surface area contributed by atoms with Gasteiger partial charge in [0.15, 0.2) is 12.6 Å². The molecule has 2 fully saturated rings. The van der Waals surface area contributed by atoms with Gasteiger partial charge in [-0.25, -0.2) is 0 Å². The zero-order valence-corrected chi connectivity index (χ0v) is 44.9. The van der Waals surface area contributed by atoms with Crippen molar-refractivity contribution in [3.05, 3.63) is 48.6 Å². The maximum Gasteiger partial charge on any atom is 0.220 e. The molecule has 2 saturated heterocycles. The van der Waals surface area contributed by atoms with Crippen molar-refractivity contribution in [2.45, 2.75) is 293 Å². The molecule has 14 heteroatoms. The molecule has 1 amide bonds. The van der Waals surface area contributed by atoms with Crippen LogP contribution in [0.2, 0.25) is 0 Å². The van der Waals surface area contributed by atoms with Gasteiger partial charge < -0.3 is 65.1 Å². The Bertz CT molecular complexity index is 1390. The molecule has 0 aromatic heterocycles. The Morgan fingerprint density at radius 1 is 0.514 bits per heavy atom. The Balaban J connectivity index is 1.74. The third-order valence-corrected chi connectivity index (χ3v) is 14.1. The normalized spacial score (nSPS) is 25.9. The summed E-state index contributed by atoms with van der Waals surface area (Å²) in [7, 11) is 0. The molecule has 2 aliphatic rings. The summed E-state index contributed by atoms with van der Waals surface area (Å²) >= 11 is 0. The summed E-state index contributed by atoms with van der Waals surface area (Å²) in [5.41, 5.74) is 0. The minimum absolute atomic E-state index is 0.182. The van der Waals surface area contributed by atoms with Gasteiger partial charge in [-0.05, 0) is 38.5 Å². The lowest BCUT2D eigenvalue weighted by molar-refractivity contribution is -0.359. The van der Waals surface area contributed by atoms with Crippen LogP contribution in [-0.4, -0.2) is 140 Å². The van der Waals surface area contributed by atoms with Crippen LogP contribution in [0.25, 0.3) is 0 Å². The fourth-order valence-electron chi connectivity index (χ4n) is 9.43. The lowest BCUT2D eigenvalue weighted by Crippen LogP contribution is -2.65. The molecule has 2 rings (SSSR count). The maximum absolute atomic E-state index is 13.2. The quantitative estimate of drug-likeness (QED) is 0.0205. The molecular weight excluding hydrogens is 919 g/mol. The van der Waals surface area contributed by atoms with Gasteiger partial charge in [0.1, 0.15) is 48.8 Å². The summed E-state index contributed by atoms with van der Waals surface area (Å²) in [6.45, 7) is 2.70. The first kappa shape index (κ1) is 66.1. The lowest BCUT2D eigenvalue weighted by Gasteiger charge is -2.46. The highest BCUT2D eigenvalue weighted by Gasteiger charge is 2.51. The zero-order chi connectivity index (χ0) is 52.4. The molecule has 0 aliphatic carbocycles. The van der Waals surface area contributed by atoms with Gasteiger partial charge in [-0.3, -0.25) is 4.79 Å². The first-order chi connectivity index (χ1) is 35.1. The third-order valence-electron chi connectivity index (χ3n) is 14.1. The Morgan fingerprint density at radius 2 is 0.931 bits per heavy atom. The van der Waals surface area contributed by atoms with Crippen molar-refractivity contribution in [3.63, 3.8) is 0 Å². The predicted molar refractivity (Wildman–Crippen MR) is 286 cm³/mol. The number of aliphatic hydroxyl groups excluding tert-OH is 8. The monoisotopic (exact) mass is 1020 g/mol. The maximum atomic E-state index is 13.2. The van der Waals surface area contributed by atoms with E-state index in [0.717, 1.165) is 51.4 Å². The fraction of sp³-hybridized carbons (Fsp3) is 0.845. The van der Waals surface area contributed by atoms with E-state index in [9.17, 15) is 45.6 Å². The predicted octanol–water partition coefficient (Wildman–Crippen LogP) is 9.22. The number of aliphatic hydroxyl groups is 8. The van der Waals surface area contributed by atoms with Crippen LogP contribution in [0.1, 0.15) is 219 Å². The molecule has 0 aromatic carbocycles. The van der Waals surface area contributed by atoms with E-state index in [1.165, 1.54) is 135 Å². The van der Waals surface area contributed by atoms with Crippen LogP contribution in [0.3, 0.4) is 0 Å². The Labute approximate surface area is 435 Å². The van der Waals surface area contributed by atoms with Crippen molar-refractivity contribution >= 4 is 5.91 Å². The van der Waals surface area contributed by atoms with E-state index in [1.54, 1.807) is 0 Å². The largest absolute Gasteiger partial charge is 0.394 e. The van der Waals surface area contributed by atoms with E-state index in [1.807, 2.05) is 12.2 Å². The van der Waals surface area contributed by atoms with Crippen LogP contribution in [0.15, 0.2) is 48.6 Å². The molecule has 420 valence electrons. The number of carbonyl (C=O) groups is 1. The van der Waals surface area contributed by atoms with E-state index in [2.05, 4.69) is 55.6 Å². The van der Waals surface area contributed by atoms with Gasteiger partial charge >= 0.3 is 0 Å². The average molecular weight is 1020 g/mol. The molecular formula is C58H105NO13. The number of hydrogen-bond acceptors (Lipinski definition) is 13. The number of allylic oxidation sites excluding steroid dienone is 8. The van der Waals surface area contributed by atoms with Crippen LogP contribution in [0, 0.1) is 0 Å². The summed E-state index contributed by atoms with van der Waals surface area (Å²) in [4.78, 5) is 13.2. The van der Waals surface area contributed by atoms with Crippen molar-refractivity contribution in [1.82, 2.24) is 5.32 Å². The van der Waals surface area contributed by atoms with Crippen molar-refractivity contribution in [2.75, 3.05) is 19.8 Å². The minimum atomic E-state index is -1.79. The van der Waals surface area contributed by atoms with Gasteiger partial charge in [-0.1, -0.05) is 223 Å². The molecule has 9 N–H and O–H groups in total. The molecule has 2 aliphatic heterocycles. The smallest absolute Gasteiger partial charge is 0.220 e. The number of rotatable bonds is 45. The van der Waals surface area contributed by atoms with Gasteiger partial charge in [0.2, 0.25) is 5.91 Å². The number of nitrogens with one attached hydrogen (secondary N) is 1. The third kappa shape index (κ3) is 29.9. The molecule has 0 spiro atoms. The van der Waals surface area contributed by atoms with E-state index >= 15 is 0 Å².